The van der Waals surface area contributed by atoms with Gasteiger partial charge in [0.15, 0.2) is 0 Å². The van der Waals surface area contributed by atoms with E-state index >= 15 is 0 Å². The van der Waals surface area contributed by atoms with E-state index in [1.807, 2.05) is 24.3 Å². The maximum absolute atomic E-state index is 6.10. The third kappa shape index (κ3) is 2.15. The van der Waals surface area contributed by atoms with Crippen LogP contribution in [0.2, 0.25) is 5.02 Å². The Bertz CT molecular complexity index is 387. The van der Waals surface area contributed by atoms with Crippen molar-refractivity contribution in [3.8, 4) is 0 Å². The summed E-state index contributed by atoms with van der Waals surface area (Å²) in [6.45, 7) is 4.27. The molecule has 1 atom stereocenters. The number of halogens is 1. The standard InChI is InChI=1S/C12H14ClNO/c1-8(2)12-7-11(14-15-12)9-5-3-4-6-10(9)13/h3-6,8,12H,7H2,1-2H3. The second-order valence-electron chi connectivity index (χ2n) is 4.11. The van der Waals surface area contributed by atoms with Gasteiger partial charge in [-0.15, -0.1) is 0 Å². The van der Waals surface area contributed by atoms with Gasteiger partial charge in [-0.2, -0.15) is 0 Å². The monoisotopic (exact) mass is 223 g/mol. The molecule has 0 bridgehead atoms. The van der Waals surface area contributed by atoms with Gasteiger partial charge in [0.1, 0.15) is 6.10 Å². The molecule has 0 fully saturated rings. The van der Waals surface area contributed by atoms with E-state index in [0.29, 0.717) is 5.92 Å². The number of rotatable bonds is 2. The van der Waals surface area contributed by atoms with E-state index in [0.717, 1.165) is 22.7 Å². The average molecular weight is 224 g/mol. The van der Waals surface area contributed by atoms with Crippen molar-refractivity contribution in [1.82, 2.24) is 0 Å². The lowest BCUT2D eigenvalue weighted by Gasteiger charge is -2.11. The Kier molecular flexibility index (Phi) is 2.96. The SMILES string of the molecule is CC(C)C1CC(c2ccccc2Cl)=NO1. The Morgan fingerprint density at radius 2 is 2.13 bits per heavy atom. The zero-order valence-corrected chi connectivity index (χ0v) is 9.66. The molecule has 0 amide bonds. The van der Waals surface area contributed by atoms with Crippen molar-refractivity contribution in [3.05, 3.63) is 34.9 Å². The Balaban J connectivity index is 2.18. The van der Waals surface area contributed by atoms with Gasteiger partial charge in [0.2, 0.25) is 0 Å². The third-order valence-electron chi connectivity index (χ3n) is 2.62. The zero-order valence-electron chi connectivity index (χ0n) is 8.90. The molecule has 0 radical (unpaired) electrons. The van der Waals surface area contributed by atoms with E-state index in [1.54, 1.807) is 0 Å². The molecule has 0 saturated heterocycles. The highest BCUT2D eigenvalue weighted by Crippen LogP contribution is 2.25. The van der Waals surface area contributed by atoms with Crippen LogP contribution in [0.4, 0.5) is 0 Å². The van der Waals surface area contributed by atoms with Gasteiger partial charge in [-0.05, 0) is 12.0 Å². The summed E-state index contributed by atoms with van der Waals surface area (Å²) in [4.78, 5) is 5.37. The molecule has 0 N–H and O–H groups in total. The van der Waals surface area contributed by atoms with Crippen LogP contribution in [0.5, 0.6) is 0 Å². The van der Waals surface area contributed by atoms with Gasteiger partial charge in [0, 0.05) is 17.0 Å². The molecule has 0 spiro atoms. The first-order valence-electron chi connectivity index (χ1n) is 5.16. The van der Waals surface area contributed by atoms with Gasteiger partial charge in [-0.25, -0.2) is 0 Å². The molecule has 1 aromatic carbocycles. The minimum Gasteiger partial charge on any atom is -0.392 e. The van der Waals surface area contributed by atoms with Crippen LogP contribution < -0.4 is 0 Å². The minimum absolute atomic E-state index is 0.191. The summed E-state index contributed by atoms with van der Waals surface area (Å²) in [7, 11) is 0. The Morgan fingerprint density at radius 1 is 1.40 bits per heavy atom. The third-order valence-corrected chi connectivity index (χ3v) is 2.95. The van der Waals surface area contributed by atoms with Crippen LogP contribution in [0.15, 0.2) is 29.4 Å². The van der Waals surface area contributed by atoms with E-state index in [-0.39, 0.29) is 6.10 Å². The van der Waals surface area contributed by atoms with Crippen molar-refractivity contribution in [2.75, 3.05) is 0 Å². The average Bonchev–Trinajstić information content (AvgIpc) is 2.67. The van der Waals surface area contributed by atoms with Gasteiger partial charge in [-0.1, -0.05) is 48.8 Å². The predicted molar refractivity (Wildman–Crippen MR) is 62.3 cm³/mol. The summed E-state index contributed by atoms with van der Waals surface area (Å²) in [5, 5.41) is 4.84. The quantitative estimate of drug-likeness (QED) is 0.752. The number of hydrogen-bond acceptors (Lipinski definition) is 2. The van der Waals surface area contributed by atoms with E-state index < -0.39 is 0 Å². The van der Waals surface area contributed by atoms with Crippen LogP contribution >= 0.6 is 11.6 Å². The van der Waals surface area contributed by atoms with Crippen LogP contribution in [-0.4, -0.2) is 11.8 Å². The predicted octanol–water partition coefficient (Wildman–Crippen LogP) is 3.49. The van der Waals surface area contributed by atoms with Crippen molar-refractivity contribution >= 4 is 17.3 Å². The van der Waals surface area contributed by atoms with Crippen LogP contribution in [0.1, 0.15) is 25.8 Å². The fourth-order valence-corrected chi connectivity index (χ4v) is 1.85. The maximum Gasteiger partial charge on any atom is 0.135 e. The molecule has 1 heterocycles. The van der Waals surface area contributed by atoms with Crippen LogP contribution in [0, 0.1) is 5.92 Å². The summed E-state index contributed by atoms with van der Waals surface area (Å²) in [5.41, 5.74) is 1.95. The highest BCUT2D eigenvalue weighted by atomic mass is 35.5. The fraction of sp³-hybridized carbons (Fsp3) is 0.417. The Labute approximate surface area is 94.9 Å². The van der Waals surface area contributed by atoms with Gasteiger partial charge >= 0.3 is 0 Å². The van der Waals surface area contributed by atoms with Crippen molar-refractivity contribution in [1.29, 1.82) is 0 Å². The summed E-state index contributed by atoms with van der Waals surface area (Å²) >= 11 is 6.10. The van der Waals surface area contributed by atoms with Gasteiger partial charge in [0.25, 0.3) is 0 Å². The van der Waals surface area contributed by atoms with E-state index in [2.05, 4.69) is 19.0 Å². The first kappa shape index (κ1) is 10.5. The second-order valence-corrected chi connectivity index (χ2v) is 4.52. The van der Waals surface area contributed by atoms with Crippen LogP contribution in [0.25, 0.3) is 0 Å². The second kappa shape index (κ2) is 4.23. The fourth-order valence-electron chi connectivity index (χ4n) is 1.61. The molecule has 1 unspecified atom stereocenters. The largest absolute Gasteiger partial charge is 0.392 e. The van der Waals surface area contributed by atoms with Crippen molar-refractivity contribution in [2.45, 2.75) is 26.4 Å². The molecule has 2 nitrogen and oxygen atoms in total. The molecule has 1 aliphatic heterocycles. The molecule has 1 aromatic rings. The molecular formula is C12H14ClNO. The number of oxime groups is 1. The lowest BCUT2D eigenvalue weighted by molar-refractivity contribution is 0.0521. The molecule has 0 aliphatic carbocycles. The van der Waals surface area contributed by atoms with Gasteiger partial charge < -0.3 is 4.84 Å². The highest BCUT2D eigenvalue weighted by molar-refractivity contribution is 6.34. The molecule has 1 aliphatic rings. The highest BCUT2D eigenvalue weighted by Gasteiger charge is 2.25. The molecule has 0 saturated carbocycles. The van der Waals surface area contributed by atoms with Crippen LogP contribution in [-0.2, 0) is 4.84 Å². The van der Waals surface area contributed by atoms with Crippen LogP contribution in [0.3, 0.4) is 0 Å². The summed E-state index contributed by atoms with van der Waals surface area (Å²) < 4.78 is 0. The molecule has 80 valence electrons. The topological polar surface area (TPSA) is 21.6 Å². The zero-order chi connectivity index (χ0) is 10.8. The first-order chi connectivity index (χ1) is 7.18. The number of hydrogen-bond donors (Lipinski definition) is 0. The molecule has 15 heavy (non-hydrogen) atoms. The molecular weight excluding hydrogens is 210 g/mol. The van der Waals surface area contributed by atoms with Gasteiger partial charge in [-0.3, -0.25) is 0 Å². The Hall–Kier alpha value is -1.02. The van der Waals surface area contributed by atoms with Crippen molar-refractivity contribution < 1.29 is 4.84 Å². The molecule has 3 heteroatoms. The molecule has 0 aromatic heterocycles. The van der Waals surface area contributed by atoms with Gasteiger partial charge in [0.05, 0.1) is 5.71 Å². The smallest absolute Gasteiger partial charge is 0.135 e. The Morgan fingerprint density at radius 3 is 2.73 bits per heavy atom. The molecule has 2 rings (SSSR count). The maximum atomic E-state index is 6.10. The van der Waals surface area contributed by atoms with Crippen molar-refractivity contribution in [3.63, 3.8) is 0 Å². The van der Waals surface area contributed by atoms with E-state index in [1.165, 1.54) is 0 Å². The van der Waals surface area contributed by atoms with E-state index in [9.17, 15) is 0 Å². The lowest BCUT2D eigenvalue weighted by atomic mass is 9.98. The minimum atomic E-state index is 0.191. The number of benzene rings is 1. The van der Waals surface area contributed by atoms with E-state index in [4.69, 9.17) is 16.4 Å². The summed E-state index contributed by atoms with van der Waals surface area (Å²) in [6, 6.07) is 7.74. The summed E-state index contributed by atoms with van der Waals surface area (Å²) in [5.74, 6) is 0.480. The summed E-state index contributed by atoms with van der Waals surface area (Å²) in [6.07, 6.45) is 1.04. The normalized spacial score (nSPS) is 20.3. The van der Waals surface area contributed by atoms with Crippen molar-refractivity contribution in [2.24, 2.45) is 11.1 Å². The number of nitrogens with zero attached hydrogens (tertiary/aromatic N) is 1. The lowest BCUT2D eigenvalue weighted by Crippen LogP contribution is -2.15. The first-order valence-corrected chi connectivity index (χ1v) is 5.54.